The van der Waals surface area contributed by atoms with Crippen LogP contribution in [0.3, 0.4) is 0 Å². The van der Waals surface area contributed by atoms with Crippen molar-refractivity contribution in [2.24, 2.45) is 18.9 Å². The molecule has 0 unspecified atom stereocenters. The summed E-state index contributed by atoms with van der Waals surface area (Å²) < 4.78 is 37.2. The molecule has 2 aliphatic rings. The zero-order valence-corrected chi connectivity index (χ0v) is 21.0. The highest BCUT2D eigenvalue weighted by Crippen LogP contribution is 2.37. The first kappa shape index (κ1) is 25.7. The second-order valence-corrected chi connectivity index (χ2v) is 9.89. The lowest BCUT2D eigenvalue weighted by atomic mass is 9.81. The molecule has 1 aliphatic heterocycles. The van der Waals surface area contributed by atoms with Gasteiger partial charge in [0.25, 0.3) is 0 Å². The van der Waals surface area contributed by atoms with Crippen LogP contribution >= 0.6 is 0 Å². The number of carbonyl (C=O) groups excluding carboxylic acids is 1. The number of carbonyl (C=O) groups is 1. The van der Waals surface area contributed by atoms with Gasteiger partial charge in [-0.15, -0.1) is 0 Å². The number of aryl methyl sites for hydroxylation is 1. The number of halogens is 2. The van der Waals surface area contributed by atoms with E-state index in [0.29, 0.717) is 43.7 Å². The predicted molar refractivity (Wildman–Crippen MR) is 133 cm³/mol. The van der Waals surface area contributed by atoms with Crippen LogP contribution in [0.25, 0.3) is 5.69 Å². The average Bonchev–Trinajstić information content (AvgIpc) is 3.54. The van der Waals surface area contributed by atoms with Crippen LogP contribution in [0.15, 0.2) is 53.6 Å². The van der Waals surface area contributed by atoms with Gasteiger partial charge in [0, 0.05) is 37.8 Å². The normalized spacial score (nSPS) is 21.3. The van der Waals surface area contributed by atoms with Crippen LogP contribution in [0, 0.1) is 34.8 Å². The van der Waals surface area contributed by atoms with E-state index >= 15 is 0 Å². The van der Waals surface area contributed by atoms with Gasteiger partial charge < -0.3 is 9.30 Å². The van der Waals surface area contributed by atoms with Crippen molar-refractivity contribution in [2.75, 3.05) is 13.2 Å². The van der Waals surface area contributed by atoms with Gasteiger partial charge in [-0.05, 0) is 67.5 Å². The molecule has 5 rings (SSSR count). The van der Waals surface area contributed by atoms with Crippen LogP contribution in [0.1, 0.15) is 49.3 Å². The lowest BCUT2D eigenvalue weighted by Crippen LogP contribution is -2.37. The maximum absolute atomic E-state index is 14.7. The summed E-state index contributed by atoms with van der Waals surface area (Å²) in [7, 11) is 1.63. The van der Waals surface area contributed by atoms with E-state index < -0.39 is 17.7 Å². The monoisotopic (exact) mass is 522 g/mol. The SMILES string of the molecule is Cn1ccn(-c2ccc(OC[C@H]3CC[C@H](C(=O)N4OCC[C@H]4c4cc(F)cc(C#N)c4)CC3)c(F)c2)c1=O. The zero-order chi connectivity index (χ0) is 26.8. The van der Waals surface area contributed by atoms with Crippen LogP contribution in [-0.2, 0) is 16.7 Å². The maximum Gasteiger partial charge on any atom is 0.332 e. The molecule has 0 radical (unpaired) electrons. The number of aromatic nitrogens is 2. The third-order valence-corrected chi connectivity index (χ3v) is 7.37. The molecule has 3 aromatic rings. The summed E-state index contributed by atoms with van der Waals surface area (Å²) in [6, 6.07) is 10.1. The van der Waals surface area contributed by atoms with E-state index in [0.717, 1.165) is 12.8 Å². The van der Waals surface area contributed by atoms with Crippen LogP contribution in [0.2, 0.25) is 0 Å². The Kier molecular flexibility index (Phi) is 7.29. The molecule has 198 valence electrons. The number of hydrogen-bond acceptors (Lipinski definition) is 5. The first-order valence-corrected chi connectivity index (χ1v) is 12.7. The number of nitrogens with zero attached hydrogens (tertiary/aromatic N) is 4. The molecule has 1 aliphatic carbocycles. The molecule has 1 saturated carbocycles. The third kappa shape index (κ3) is 5.20. The average molecular weight is 523 g/mol. The minimum Gasteiger partial charge on any atom is -0.490 e. The zero-order valence-electron chi connectivity index (χ0n) is 21.0. The molecule has 1 aromatic heterocycles. The third-order valence-electron chi connectivity index (χ3n) is 7.37. The summed E-state index contributed by atoms with van der Waals surface area (Å²) in [5.74, 6) is -1.12. The van der Waals surface area contributed by atoms with E-state index in [4.69, 9.17) is 14.8 Å². The molecule has 1 atom stereocenters. The van der Waals surface area contributed by atoms with Gasteiger partial charge in [-0.2, -0.15) is 5.26 Å². The lowest BCUT2D eigenvalue weighted by Gasteiger charge is -2.32. The Hall–Kier alpha value is -3.97. The number of benzene rings is 2. The highest BCUT2D eigenvalue weighted by Gasteiger charge is 2.37. The van der Waals surface area contributed by atoms with E-state index in [1.165, 1.54) is 38.5 Å². The van der Waals surface area contributed by atoms with Gasteiger partial charge in [-0.1, -0.05) is 0 Å². The fraction of sp³-hybridized carbons (Fsp3) is 0.393. The van der Waals surface area contributed by atoms with Crippen molar-refractivity contribution < 1.29 is 23.1 Å². The summed E-state index contributed by atoms with van der Waals surface area (Å²) in [6.45, 7) is 0.673. The lowest BCUT2D eigenvalue weighted by molar-refractivity contribution is -0.183. The van der Waals surface area contributed by atoms with Gasteiger partial charge in [0.1, 0.15) is 5.82 Å². The summed E-state index contributed by atoms with van der Waals surface area (Å²) in [5.41, 5.74) is 0.918. The van der Waals surface area contributed by atoms with Gasteiger partial charge in [0.05, 0.1) is 36.6 Å². The van der Waals surface area contributed by atoms with Gasteiger partial charge in [-0.3, -0.25) is 14.2 Å². The number of imidazole rings is 1. The Labute approximate surface area is 218 Å². The van der Waals surface area contributed by atoms with E-state index in [2.05, 4.69) is 0 Å². The summed E-state index contributed by atoms with van der Waals surface area (Å²) >= 11 is 0. The Balaban J connectivity index is 1.16. The molecule has 2 aromatic carbocycles. The fourth-order valence-corrected chi connectivity index (χ4v) is 5.24. The number of hydrogen-bond donors (Lipinski definition) is 0. The van der Waals surface area contributed by atoms with Gasteiger partial charge in [-0.25, -0.2) is 18.6 Å². The van der Waals surface area contributed by atoms with Crippen molar-refractivity contribution in [3.8, 4) is 17.5 Å². The molecule has 2 fully saturated rings. The quantitative estimate of drug-likeness (QED) is 0.478. The molecule has 0 bridgehead atoms. The van der Waals surface area contributed by atoms with Crippen LogP contribution in [0.5, 0.6) is 5.75 Å². The van der Waals surface area contributed by atoms with E-state index in [1.54, 1.807) is 31.6 Å². The predicted octanol–water partition coefficient (Wildman–Crippen LogP) is 4.42. The minimum atomic E-state index is -0.545. The summed E-state index contributed by atoms with van der Waals surface area (Å²) in [6.07, 6.45) is 6.49. The molecule has 2 heterocycles. The molecule has 8 nitrogen and oxygen atoms in total. The minimum absolute atomic E-state index is 0.121. The number of nitriles is 1. The summed E-state index contributed by atoms with van der Waals surface area (Å²) in [4.78, 5) is 31.0. The van der Waals surface area contributed by atoms with Crippen LogP contribution in [0.4, 0.5) is 8.78 Å². The first-order chi connectivity index (χ1) is 18.3. The summed E-state index contributed by atoms with van der Waals surface area (Å²) in [5, 5.41) is 10.5. The number of amides is 1. The molecule has 1 saturated heterocycles. The van der Waals surface area contributed by atoms with Crippen LogP contribution in [-0.4, -0.2) is 33.3 Å². The van der Waals surface area contributed by atoms with Gasteiger partial charge >= 0.3 is 5.69 Å². The Bertz CT molecular complexity index is 1440. The standard InChI is InChI=1S/C28H28F2N4O4/c1-32-9-10-33(28(32)36)23-6-7-26(24(30)15-23)37-17-18-2-4-20(5-3-18)27(35)34-25(8-11-38-34)21-12-19(16-31)13-22(29)14-21/h6-7,9-10,12-15,18,20,25H,2-5,8,11,17H2,1H3/t18-,20-,25-/m0/s1. The number of hydroxylamine groups is 2. The van der Waals surface area contributed by atoms with Crippen molar-refractivity contribution >= 4 is 5.91 Å². The highest BCUT2D eigenvalue weighted by molar-refractivity contribution is 5.78. The van der Waals surface area contributed by atoms with Crippen molar-refractivity contribution in [2.45, 2.75) is 38.1 Å². The van der Waals surface area contributed by atoms with E-state index in [9.17, 15) is 18.4 Å². The van der Waals surface area contributed by atoms with Crippen molar-refractivity contribution in [3.63, 3.8) is 0 Å². The first-order valence-electron chi connectivity index (χ1n) is 12.7. The topological polar surface area (TPSA) is 89.5 Å². The molecule has 0 spiro atoms. The number of rotatable bonds is 6. The van der Waals surface area contributed by atoms with E-state index in [-0.39, 0.29) is 34.7 Å². The molecule has 0 N–H and O–H groups in total. The van der Waals surface area contributed by atoms with Crippen molar-refractivity contribution in [1.82, 2.24) is 14.2 Å². The highest BCUT2D eigenvalue weighted by atomic mass is 19.1. The van der Waals surface area contributed by atoms with Gasteiger partial charge in [0.15, 0.2) is 11.6 Å². The van der Waals surface area contributed by atoms with Crippen LogP contribution < -0.4 is 10.4 Å². The second kappa shape index (κ2) is 10.8. The Morgan fingerprint density at radius 2 is 1.89 bits per heavy atom. The van der Waals surface area contributed by atoms with Crippen molar-refractivity contribution in [1.29, 1.82) is 5.26 Å². The smallest absolute Gasteiger partial charge is 0.332 e. The fourth-order valence-electron chi connectivity index (χ4n) is 5.24. The van der Waals surface area contributed by atoms with Gasteiger partial charge in [0.2, 0.25) is 5.91 Å². The molecule has 1 amide bonds. The van der Waals surface area contributed by atoms with E-state index in [1.807, 2.05) is 6.07 Å². The Morgan fingerprint density at radius 1 is 1.11 bits per heavy atom. The molecular weight excluding hydrogens is 494 g/mol. The number of ether oxygens (including phenoxy) is 1. The Morgan fingerprint density at radius 3 is 2.58 bits per heavy atom. The largest absolute Gasteiger partial charge is 0.490 e. The molecular formula is C28H28F2N4O4. The molecule has 10 heteroatoms. The maximum atomic E-state index is 14.7. The molecule has 38 heavy (non-hydrogen) atoms. The van der Waals surface area contributed by atoms with Crippen molar-refractivity contribution in [3.05, 3.63) is 82.0 Å². The second-order valence-electron chi connectivity index (χ2n) is 9.89.